The molecular formula is C20H17F3N2O4. The van der Waals surface area contributed by atoms with E-state index in [2.05, 4.69) is 0 Å². The standard InChI is InChI=1S/C20H17F3N2O4/c1-24-17(20(21,22)23)11-18(26)25(19(24)27)14-6-8-15(9-7-14)29-12-13-4-3-5-16(10-13)28-2/h3-11H,12H2,1-2H3. The van der Waals surface area contributed by atoms with Crippen LogP contribution in [0, 0.1) is 0 Å². The van der Waals surface area contributed by atoms with Crippen molar-refractivity contribution in [1.29, 1.82) is 0 Å². The minimum atomic E-state index is -4.80. The van der Waals surface area contributed by atoms with Crippen molar-refractivity contribution in [2.24, 2.45) is 7.05 Å². The zero-order valence-corrected chi connectivity index (χ0v) is 15.6. The Morgan fingerprint density at radius 1 is 0.966 bits per heavy atom. The Labute approximate surface area is 163 Å². The van der Waals surface area contributed by atoms with Crippen LogP contribution in [0.4, 0.5) is 13.2 Å². The number of alkyl halides is 3. The van der Waals surface area contributed by atoms with E-state index in [0.29, 0.717) is 26.7 Å². The lowest BCUT2D eigenvalue weighted by Gasteiger charge is -2.14. The molecule has 0 bridgehead atoms. The first-order chi connectivity index (χ1) is 13.7. The molecule has 3 rings (SSSR count). The number of benzene rings is 2. The zero-order valence-electron chi connectivity index (χ0n) is 15.6. The predicted octanol–water partition coefficient (Wildman–Crippen LogP) is 3.14. The lowest BCUT2D eigenvalue weighted by Crippen LogP contribution is -2.40. The molecule has 6 nitrogen and oxygen atoms in total. The van der Waals surface area contributed by atoms with E-state index >= 15 is 0 Å². The Morgan fingerprint density at radius 2 is 1.66 bits per heavy atom. The molecule has 9 heteroatoms. The van der Waals surface area contributed by atoms with Crippen LogP contribution in [0.1, 0.15) is 11.3 Å². The lowest BCUT2D eigenvalue weighted by atomic mass is 10.2. The highest BCUT2D eigenvalue weighted by molar-refractivity contribution is 5.38. The summed E-state index contributed by atoms with van der Waals surface area (Å²) in [6.45, 7) is 0.262. The van der Waals surface area contributed by atoms with Crippen LogP contribution in [0.5, 0.6) is 11.5 Å². The summed E-state index contributed by atoms with van der Waals surface area (Å²) in [5, 5.41) is 0. The van der Waals surface area contributed by atoms with Gasteiger partial charge in [-0.3, -0.25) is 9.36 Å². The van der Waals surface area contributed by atoms with Crippen molar-refractivity contribution in [2.45, 2.75) is 12.8 Å². The second-order valence-corrected chi connectivity index (χ2v) is 6.18. The molecule has 0 saturated heterocycles. The summed E-state index contributed by atoms with van der Waals surface area (Å²) in [4.78, 5) is 24.4. The van der Waals surface area contributed by atoms with E-state index in [0.717, 1.165) is 12.6 Å². The van der Waals surface area contributed by atoms with Crippen LogP contribution < -0.4 is 20.7 Å². The molecule has 152 valence electrons. The van der Waals surface area contributed by atoms with Gasteiger partial charge >= 0.3 is 11.9 Å². The van der Waals surface area contributed by atoms with Gasteiger partial charge in [-0.05, 0) is 42.0 Å². The summed E-state index contributed by atoms with van der Waals surface area (Å²) in [5.74, 6) is 1.16. The zero-order chi connectivity index (χ0) is 21.2. The van der Waals surface area contributed by atoms with E-state index in [1.807, 2.05) is 18.2 Å². The highest BCUT2D eigenvalue weighted by atomic mass is 19.4. The van der Waals surface area contributed by atoms with Gasteiger partial charge < -0.3 is 9.47 Å². The van der Waals surface area contributed by atoms with Crippen molar-refractivity contribution in [3.63, 3.8) is 0 Å². The maximum absolute atomic E-state index is 12.9. The predicted molar refractivity (Wildman–Crippen MR) is 99.6 cm³/mol. The molecule has 0 amide bonds. The van der Waals surface area contributed by atoms with Crippen molar-refractivity contribution >= 4 is 0 Å². The Bertz CT molecular complexity index is 1130. The molecule has 0 aliphatic rings. The average Bonchev–Trinajstić information content (AvgIpc) is 2.69. The Hall–Kier alpha value is -3.49. The van der Waals surface area contributed by atoms with E-state index in [4.69, 9.17) is 9.47 Å². The summed E-state index contributed by atoms with van der Waals surface area (Å²) >= 11 is 0. The quantitative estimate of drug-likeness (QED) is 0.653. The molecule has 0 aliphatic heterocycles. The number of rotatable bonds is 5. The number of ether oxygens (including phenoxy) is 2. The molecule has 0 unspecified atom stereocenters. The fourth-order valence-corrected chi connectivity index (χ4v) is 2.76. The van der Waals surface area contributed by atoms with Gasteiger partial charge in [0.15, 0.2) is 0 Å². The van der Waals surface area contributed by atoms with Crippen LogP contribution in [0.15, 0.2) is 64.2 Å². The first-order valence-electron chi connectivity index (χ1n) is 8.47. The van der Waals surface area contributed by atoms with E-state index in [1.165, 1.54) is 24.3 Å². The fourth-order valence-electron chi connectivity index (χ4n) is 2.76. The lowest BCUT2D eigenvalue weighted by molar-refractivity contribution is -0.144. The van der Waals surface area contributed by atoms with Crippen molar-refractivity contribution in [1.82, 2.24) is 9.13 Å². The SMILES string of the molecule is COc1cccc(COc2ccc(-n3c(=O)cc(C(F)(F)F)n(C)c3=O)cc2)c1. The van der Waals surface area contributed by atoms with Crippen molar-refractivity contribution in [3.8, 4) is 17.2 Å². The number of aromatic nitrogens is 2. The maximum Gasteiger partial charge on any atom is 0.431 e. The van der Waals surface area contributed by atoms with E-state index in [9.17, 15) is 22.8 Å². The molecule has 29 heavy (non-hydrogen) atoms. The first kappa shape index (κ1) is 20.2. The third-order valence-electron chi connectivity index (χ3n) is 4.25. The molecule has 0 N–H and O–H groups in total. The number of methoxy groups -OCH3 is 1. The summed E-state index contributed by atoms with van der Waals surface area (Å²) in [7, 11) is 2.53. The number of halogens is 3. The molecule has 2 aromatic carbocycles. The minimum Gasteiger partial charge on any atom is -0.497 e. The van der Waals surface area contributed by atoms with Crippen molar-refractivity contribution in [3.05, 3.63) is 86.7 Å². The second kappa shape index (κ2) is 7.86. The highest BCUT2D eigenvalue weighted by Gasteiger charge is 2.35. The third kappa shape index (κ3) is 4.34. The second-order valence-electron chi connectivity index (χ2n) is 6.18. The van der Waals surface area contributed by atoms with Crippen molar-refractivity contribution < 1.29 is 22.6 Å². The molecule has 0 fully saturated rings. The van der Waals surface area contributed by atoms with E-state index in [-0.39, 0.29) is 12.3 Å². The number of nitrogens with zero attached hydrogens (tertiary/aromatic N) is 2. The van der Waals surface area contributed by atoms with Gasteiger partial charge in [-0.15, -0.1) is 0 Å². The minimum absolute atomic E-state index is 0.137. The average molecular weight is 406 g/mol. The largest absolute Gasteiger partial charge is 0.497 e. The molecule has 0 atom stereocenters. The van der Waals surface area contributed by atoms with Gasteiger partial charge in [0, 0.05) is 13.1 Å². The van der Waals surface area contributed by atoms with Gasteiger partial charge in [0.2, 0.25) is 0 Å². The Morgan fingerprint density at radius 3 is 2.28 bits per heavy atom. The molecule has 1 heterocycles. The van der Waals surface area contributed by atoms with Crippen LogP contribution in [0.3, 0.4) is 0 Å². The molecule has 1 aromatic heterocycles. The number of hydrogen-bond donors (Lipinski definition) is 0. The van der Waals surface area contributed by atoms with Gasteiger partial charge in [-0.25, -0.2) is 9.36 Å². The van der Waals surface area contributed by atoms with Gasteiger partial charge in [-0.1, -0.05) is 12.1 Å². The molecule has 3 aromatic rings. The van der Waals surface area contributed by atoms with Gasteiger partial charge in [0.25, 0.3) is 5.56 Å². The summed E-state index contributed by atoms with van der Waals surface area (Å²) < 4.78 is 50.7. The van der Waals surface area contributed by atoms with Crippen LogP contribution in [0.2, 0.25) is 0 Å². The van der Waals surface area contributed by atoms with Crippen LogP contribution in [-0.4, -0.2) is 16.2 Å². The molecule has 0 radical (unpaired) electrons. The topological polar surface area (TPSA) is 62.5 Å². The summed E-state index contributed by atoms with van der Waals surface area (Å²) in [6, 6.07) is 13.6. The maximum atomic E-state index is 12.9. The van der Waals surface area contributed by atoms with Crippen LogP contribution in [0.25, 0.3) is 5.69 Å². The van der Waals surface area contributed by atoms with Gasteiger partial charge in [0.05, 0.1) is 12.8 Å². The highest BCUT2D eigenvalue weighted by Crippen LogP contribution is 2.27. The van der Waals surface area contributed by atoms with Crippen LogP contribution >= 0.6 is 0 Å². The Kier molecular flexibility index (Phi) is 5.49. The molecule has 0 aliphatic carbocycles. The van der Waals surface area contributed by atoms with E-state index in [1.54, 1.807) is 13.2 Å². The fraction of sp³-hybridized carbons (Fsp3) is 0.200. The first-order valence-corrected chi connectivity index (χ1v) is 8.47. The molecule has 0 saturated carbocycles. The summed E-state index contributed by atoms with van der Waals surface area (Å²) in [6.07, 6.45) is -4.80. The van der Waals surface area contributed by atoms with Gasteiger partial charge in [-0.2, -0.15) is 13.2 Å². The normalized spacial score (nSPS) is 11.3. The van der Waals surface area contributed by atoms with Crippen molar-refractivity contribution in [2.75, 3.05) is 7.11 Å². The summed E-state index contributed by atoms with van der Waals surface area (Å²) in [5.41, 5.74) is -2.44. The molecule has 0 spiro atoms. The monoisotopic (exact) mass is 406 g/mol. The number of hydrogen-bond acceptors (Lipinski definition) is 4. The third-order valence-corrected chi connectivity index (χ3v) is 4.25. The van der Waals surface area contributed by atoms with E-state index < -0.39 is 23.1 Å². The molecular weight excluding hydrogens is 389 g/mol. The van der Waals surface area contributed by atoms with Gasteiger partial charge in [0.1, 0.15) is 23.8 Å². The van der Waals surface area contributed by atoms with Crippen LogP contribution in [-0.2, 0) is 19.8 Å². The smallest absolute Gasteiger partial charge is 0.431 e. The Balaban J connectivity index is 1.84.